The highest BCUT2D eigenvalue weighted by Crippen LogP contribution is 2.20. The van der Waals surface area contributed by atoms with Crippen LogP contribution in [0.4, 0.5) is 0 Å². The second-order valence-corrected chi connectivity index (χ2v) is 6.95. The Balaban J connectivity index is 1.43. The summed E-state index contributed by atoms with van der Waals surface area (Å²) in [7, 11) is 1.80. The van der Waals surface area contributed by atoms with E-state index in [-0.39, 0.29) is 11.5 Å². The number of aromatic nitrogens is 3. The normalized spacial score (nSPS) is 11.4. The Morgan fingerprint density at radius 3 is 2.75 bits per heavy atom. The molecule has 0 bridgehead atoms. The number of benzene rings is 1. The summed E-state index contributed by atoms with van der Waals surface area (Å²) in [6.45, 7) is 2.83. The lowest BCUT2D eigenvalue weighted by atomic mass is 10.2. The molecule has 0 atom stereocenters. The van der Waals surface area contributed by atoms with Crippen LogP contribution in [0.25, 0.3) is 16.6 Å². The number of nitrogens with zero attached hydrogens (tertiary/aromatic N) is 4. The maximum atomic E-state index is 12.7. The van der Waals surface area contributed by atoms with Gasteiger partial charge in [-0.2, -0.15) is 5.10 Å². The number of aryl methyl sites for hydroxylation is 2. The summed E-state index contributed by atoms with van der Waals surface area (Å²) in [6.07, 6.45) is 2.52. The third kappa shape index (κ3) is 3.31. The third-order valence-electron chi connectivity index (χ3n) is 4.91. The van der Waals surface area contributed by atoms with Crippen LogP contribution < -0.4 is 5.56 Å². The van der Waals surface area contributed by atoms with Crippen molar-refractivity contribution in [3.63, 3.8) is 0 Å². The van der Waals surface area contributed by atoms with Crippen LogP contribution in [0.2, 0.25) is 0 Å². The summed E-state index contributed by atoms with van der Waals surface area (Å²) in [6, 6.07) is 13.4. The number of carbonyl (C=O) groups excluding carboxylic acids is 1. The van der Waals surface area contributed by atoms with Crippen LogP contribution in [0.1, 0.15) is 24.2 Å². The van der Waals surface area contributed by atoms with Crippen LogP contribution in [0.5, 0.6) is 0 Å². The van der Waals surface area contributed by atoms with E-state index in [1.807, 2.05) is 43.3 Å². The summed E-state index contributed by atoms with van der Waals surface area (Å²) in [4.78, 5) is 26.8. The van der Waals surface area contributed by atoms with E-state index in [0.717, 1.165) is 11.1 Å². The molecule has 7 heteroatoms. The Bertz CT molecular complexity index is 1190. The van der Waals surface area contributed by atoms with E-state index in [9.17, 15) is 9.59 Å². The molecule has 0 aliphatic heterocycles. The number of hydrogen-bond donors (Lipinski definition) is 0. The molecule has 144 valence electrons. The lowest BCUT2D eigenvalue weighted by Crippen LogP contribution is -2.28. The van der Waals surface area contributed by atoms with Gasteiger partial charge in [-0.1, -0.05) is 30.3 Å². The summed E-state index contributed by atoms with van der Waals surface area (Å²) < 4.78 is 8.63. The third-order valence-corrected chi connectivity index (χ3v) is 4.91. The Hall–Kier alpha value is -3.35. The zero-order valence-electron chi connectivity index (χ0n) is 16.0. The smallest absolute Gasteiger partial charge is 0.291 e. The average molecular weight is 378 g/mol. The maximum Gasteiger partial charge on any atom is 0.291 e. The molecule has 3 aromatic heterocycles. The topological polar surface area (TPSA) is 72.8 Å². The molecule has 0 unspecified atom stereocenters. The van der Waals surface area contributed by atoms with Gasteiger partial charge in [0.15, 0.2) is 5.58 Å². The van der Waals surface area contributed by atoms with Crippen LogP contribution in [0.15, 0.2) is 57.9 Å². The number of carbonyl (C=O) groups is 1. The Labute approximate surface area is 161 Å². The first-order valence-corrected chi connectivity index (χ1v) is 9.29. The molecule has 3 heterocycles. The van der Waals surface area contributed by atoms with Gasteiger partial charge in [-0.25, -0.2) is 4.68 Å². The number of hydrogen-bond acceptors (Lipinski definition) is 4. The Kier molecular flexibility index (Phi) is 4.73. The van der Waals surface area contributed by atoms with Gasteiger partial charge < -0.3 is 9.32 Å². The fraction of sp³-hybridized carbons (Fsp3) is 0.286. The van der Waals surface area contributed by atoms with Crippen LogP contribution in [-0.4, -0.2) is 32.0 Å². The van der Waals surface area contributed by atoms with Crippen molar-refractivity contribution in [2.75, 3.05) is 7.05 Å². The first-order valence-electron chi connectivity index (χ1n) is 9.29. The zero-order chi connectivity index (χ0) is 19.7. The van der Waals surface area contributed by atoms with Crippen molar-refractivity contribution in [3.8, 4) is 0 Å². The summed E-state index contributed by atoms with van der Waals surface area (Å²) in [5.74, 6) is 0.758. The maximum absolute atomic E-state index is 12.7. The SMILES string of the molecule is Cc1nn(CCCC(=O)N(C)Cc2ccccc2)c(=O)c2cc3occc3n12. The predicted octanol–water partition coefficient (Wildman–Crippen LogP) is 2.99. The van der Waals surface area contributed by atoms with Crippen LogP contribution >= 0.6 is 0 Å². The molecule has 1 amide bonds. The Morgan fingerprint density at radius 2 is 1.96 bits per heavy atom. The van der Waals surface area contributed by atoms with Crippen molar-refractivity contribution in [3.05, 3.63) is 70.5 Å². The van der Waals surface area contributed by atoms with Gasteiger partial charge in [0, 0.05) is 38.7 Å². The number of rotatable bonds is 6. The summed E-state index contributed by atoms with van der Waals surface area (Å²) in [5, 5.41) is 4.41. The fourth-order valence-electron chi connectivity index (χ4n) is 3.50. The highest BCUT2D eigenvalue weighted by molar-refractivity contribution is 5.82. The molecule has 28 heavy (non-hydrogen) atoms. The van der Waals surface area contributed by atoms with Crippen LogP contribution in [0, 0.1) is 6.92 Å². The van der Waals surface area contributed by atoms with E-state index in [4.69, 9.17) is 4.42 Å². The molecule has 0 aliphatic rings. The summed E-state index contributed by atoms with van der Waals surface area (Å²) >= 11 is 0. The minimum atomic E-state index is -0.179. The van der Waals surface area contributed by atoms with E-state index >= 15 is 0 Å². The predicted molar refractivity (Wildman–Crippen MR) is 106 cm³/mol. The van der Waals surface area contributed by atoms with E-state index in [1.54, 1.807) is 28.7 Å². The lowest BCUT2D eigenvalue weighted by Gasteiger charge is -2.17. The molecule has 0 fully saturated rings. The molecule has 0 radical (unpaired) electrons. The Morgan fingerprint density at radius 1 is 1.18 bits per heavy atom. The number of fused-ring (bicyclic) bond motifs is 3. The van der Waals surface area contributed by atoms with Gasteiger partial charge >= 0.3 is 0 Å². The first-order chi connectivity index (χ1) is 13.5. The van der Waals surface area contributed by atoms with Gasteiger partial charge in [0.2, 0.25) is 5.91 Å². The van der Waals surface area contributed by atoms with Crippen molar-refractivity contribution in [1.82, 2.24) is 19.1 Å². The van der Waals surface area contributed by atoms with Crippen molar-refractivity contribution < 1.29 is 9.21 Å². The zero-order valence-corrected chi connectivity index (χ0v) is 16.0. The second kappa shape index (κ2) is 7.34. The van der Waals surface area contributed by atoms with Gasteiger partial charge in [0.1, 0.15) is 11.3 Å². The first kappa shape index (κ1) is 18.0. The van der Waals surface area contributed by atoms with E-state index in [2.05, 4.69) is 5.10 Å². The van der Waals surface area contributed by atoms with Crippen molar-refractivity contribution >= 4 is 22.5 Å². The monoisotopic (exact) mass is 378 g/mol. The van der Waals surface area contributed by atoms with Gasteiger partial charge in [-0.3, -0.25) is 14.0 Å². The standard InChI is InChI=1S/C21H22N4O3/c1-15-22-24(21(27)18-13-19-17(25(15)18)10-12-28-19)11-6-9-20(26)23(2)14-16-7-4-3-5-8-16/h3-5,7-8,10,12-13H,6,9,11,14H2,1-2H3. The molecule has 0 N–H and O–H groups in total. The lowest BCUT2D eigenvalue weighted by molar-refractivity contribution is -0.130. The molecule has 7 nitrogen and oxygen atoms in total. The molecular weight excluding hydrogens is 356 g/mol. The van der Waals surface area contributed by atoms with E-state index in [0.29, 0.717) is 42.9 Å². The minimum Gasteiger partial charge on any atom is -0.463 e. The molecule has 4 rings (SSSR count). The van der Waals surface area contributed by atoms with Gasteiger partial charge in [0.05, 0.1) is 11.8 Å². The number of amides is 1. The molecule has 1 aromatic carbocycles. The van der Waals surface area contributed by atoms with Crippen LogP contribution in [0.3, 0.4) is 0 Å². The molecule has 4 aromatic rings. The largest absolute Gasteiger partial charge is 0.463 e. The summed E-state index contributed by atoms with van der Waals surface area (Å²) in [5.41, 5.74) is 2.95. The average Bonchev–Trinajstić information content (AvgIpc) is 3.27. The van der Waals surface area contributed by atoms with Gasteiger partial charge in [-0.15, -0.1) is 0 Å². The fourth-order valence-corrected chi connectivity index (χ4v) is 3.50. The molecule has 0 saturated heterocycles. The highest BCUT2D eigenvalue weighted by Gasteiger charge is 2.14. The van der Waals surface area contributed by atoms with Crippen molar-refractivity contribution in [1.29, 1.82) is 0 Å². The second-order valence-electron chi connectivity index (χ2n) is 6.95. The molecule has 0 spiro atoms. The van der Waals surface area contributed by atoms with Crippen LogP contribution in [-0.2, 0) is 17.9 Å². The quantitative estimate of drug-likeness (QED) is 0.517. The van der Waals surface area contributed by atoms with Gasteiger partial charge in [-0.05, 0) is 18.9 Å². The van der Waals surface area contributed by atoms with Crippen molar-refractivity contribution in [2.45, 2.75) is 32.9 Å². The van der Waals surface area contributed by atoms with E-state index < -0.39 is 0 Å². The molecule has 0 aliphatic carbocycles. The minimum absolute atomic E-state index is 0.0508. The molecule has 0 saturated carbocycles. The van der Waals surface area contributed by atoms with Crippen molar-refractivity contribution in [2.24, 2.45) is 0 Å². The van der Waals surface area contributed by atoms with E-state index in [1.165, 1.54) is 4.68 Å². The van der Waals surface area contributed by atoms with Gasteiger partial charge in [0.25, 0.3) is 5.56 Å². The molecular formula is C21H22N4O3. The highest BCUT2D eigenvalue weighted by atomic mass is 16.3. The number of furan rings is 1.